The van der Waals surface area contributed by atoms with E-state index >= 15 is 0 Å². The molecule has 0 unspecified atom stereocenters. The molecule has 2 aromatic carbocycles. The molecule has 0 atom stereocenters. The van der Waals surface area contributed by atoms with Gasteiger partial charge in [-0.15, -0.1) is 0 Å². The number of anilines is 1. The summed E-state index contributed by atoms with van der Waals surface area (Å²) in [7, 11) is 0. The Morgan fingerprint density at radius 2 is 1.64 bits per heavy atom. The summed E-state index contributed by atoms with van der Waals surface area (Å²) in [6.07, 6.45) is 3.54. The Kier molecular flexibility index (Phi) is 3.94. The van der Waals surface area contributed by atoms with Gasteiger partial charge in [-0.2, -0.15) is 5.10 Å². The second-order valence-electron chi connectivity index (χ2n) is 4.96. The molecule has 2 N–H and O–H groups in total. The molecule has 0 aliphatic carbocycles. The van der Waals surface area contributed by atoms with Crippen LogP contribution < -0.4 is 5.73 Å². The molecule has 0 saturated heterocycles. The molecule has 1 heterocycles. The van der Waals surface area contributed by atoms with Gasteiger partial charge in [0.05, 0.1) is 18.1 Å². The quantitative estimate of drug-likeness (QED) is 0.744. The summed E-state index contributed by atoms with van der Waals surface area (Å²) in [5, 5.41) is 5.03. The maximum absolute atomic E-state index is 5.90. The Bertz CT molecular complexity index is 802. The number of imidazole rings is 1. The highest BCUT2D eigenvalue weighted by Gasteiger charge is 1.99. The predicted octanol–water partition coefficient (Wildman–Crippen LogP) is 3.98. The highest BCUT2D eigenvalue weighted by Crippen LogP contribution is 2.21. The second kappa shape index (κ2) is 6.03. The van der Waals surface area contributed by atoms with Crippen LogP contribution in [0.3, 0.4) is 0 Å². The molecule has 0 spiro atoms. The topological polar surface area (TPSA) is 56.2 Å². The number of rotatable bonds is 3. The third kappa shape index (κ3) is 3.18. The van der Waals surface area contributed by atoms with E-state index in [1.807, 2.05) is 55.5 Å². The lowest BCUT2D eigenvalue weighted by Crippen LogP contribution is -1.96. The van der Waals surface area contributed by atoms with Crippen LogP contribution in [0.1, 0.15) is 11.3 Å². The second-order valence-corrected chi connectivity index (χ2v) is 5.39. The third-order valence-corrected chi connectivity index (χ3v) is 3.51. The van der Waals surface area contributed by atoms with Gasteiger partial charge in [0.1, 0.15) is 0 Å². The van der Waals surface area contributed by atoms with Crippen LogP contribution in [-0.4, -0.2) is 15.9 Å². The molecule has 0 aliphatic heterocycles. The summed E-state index contributed by atoms with van der Waals surface area (Å²) >= 11 is 5.90. The van der Waals surface area contributed by atoms with E-state index in [9.17, 15) is 0 Å². The Labute approximate surface area is 133 Å². The van der Waals surface area contributed by atoms with E-state index in [-0.39, 0.29) is 0 Å². The number of aryl methyl sites for hydroxylation is 1. The highest BCUT2D eigenvalue weighted by molar-refractivity contribution is 6.30. The maximum Gasteiger partial charge on any atom is 0.221 e. The van der Waals surface area contributed by atoms with E-state index in [2.05, 4.69) is 10.1 Å². The lowest BCUT2D eigenvalue weighted by Gasteiger charge is -2.02. The van der Waals surface area contributed by atoms with Gasteiger partial charge in [0.15, 0.2) is 0 Å². The Hall–Kier alpha value is -2.59. The van der Waals surface area contributed by atoms with Gasteiger partial charge in [-0.25, -0.2) is 9.66 Å². The van der Waals surface area contributed by atoms with Crippen LogP contribution in [0.5, 0.6) is 0 Å². The summed E-state index contributed by atoms with van der Waals surface area (Å²) in [6.45, 7) is 1.88. The Morgan fingerprint density at radius 3 is 2.18 bits per heavy atom. The smallest absolute Gasteiger partial charge is 0.221 e. The third-order valence-electron chi connectivity index (χ3n) is 3.25. The van der Waals surface area contributed by atoms with Crippen LogP contribution in [0.4, 0.5) is 5.95 Å². The van der Waals surface area contributed by atoms with Crippen molar-refractivity contribution in [3.05, 3.63) is 71.0 Å². The molecule has 3 aromatic rings. The van der Waals surface area contributed by atoms with Gasteiger partial charge in [0.25, 0.3) is 0 Å². The first kappa shape index (κ1) is 14.4. The van der Waals surface area contributed by atoms with Crippen LogP contribution in [0.25, 0.3) is 11.1 Å². The van der Waals surface area contributed by atoms with Gasteiger partial charge in [-0.1, -0.05) is 48.0 Å². The largest absolute Gasteiger partial charge is 0.368 e. The van der Waals surface area contributed by atoms with E-state index in [1.54, 1.807) is 17.1 Å². The molecular weight excluding hydrogens is 296 g/mol. The van der Waals surface area contributed by atoms with Crippen LogP contribution in [0.2, 0.25) is 5.02 Å². The van der Waals surface area contributed by atoms with Crippen LogP contribution in [0.15, 0.2) is 59.8 Å². The zero-order chi connectivity index (χ0) is 15.5. The minimum Gasteiger partial charge on any atom is -0.368 e. The molecule has 4 nitrogen and oxygen atoms in total. The number of benzene rings is 2. The minimum atomic E-state index is 0.381. The first-order valence-electron chi connectivity index (χ1n) is 6.83. The molecule has 110 valence electrons. The highest BCUT2D eigenvalue weighted by atomic mass is 35.5. The van der Waals surface area contributed by atoms with Gasteiger partial charge in [0.2, 0.25) is 5.95 Å². The average molecular weight is 311 g/mol. The fourth-order valence-electron chi connectivity index (χ4n) is 2.13. The summed E-state index contributed by atoms with van der Waals surface area (Å²) < 4.78 is 1.56. The predicted molar refractivity (Wildman–Crippen MR) is 91.3 cm³/mol. The molecule has 0 amide bonds. The SMILES string of the molecule is Cc1cn(N=Cc2ccc(-c3ccc(Cl)cc3)cc2)c(N)n1. The zero-order valence-electron chi connectivity index (χ0n) is 12.1. The van der Waals surface area contributed by atoms with Crippen molar-refractivity contribution in [2.24, 2.45) is 5.10 Å². The van der Waals surface area contributed by atoms with Crippen LogP contribution >= 0.6 is 11.6 Å². The van der Waals surface area contributed by atoms with Crippen LogP contribution in [-0.2, 0) is 0 Å². The molecule has 3 rings (SSSR count). The van der Waals surface area contributed by atoms with E-state index < -0.39 is 0 Å². The van der Waals surface area contributed by atoms with Gasteiger partial charge in [-0.05, 0) is 35.7 Å². The number of halogens is 1. The van der Waals surface area contributed by atoms with Crippen LogP contribution in [0, 0.1) is 6.92 Å². The van der Waals surface area contributed by atoms with Gasteiger partial charge in [-0.3, -0.25) is 0 Å². The molecule has 0 saturated carbocycles. The summed E-state index contributed by atoms with van der Waals surface area (Å²) in [5.74, 6) is 0.381. The minimum absolute atomic E-state index is 0.381. The fourth-order valence-corrected chi connectivity index (χ4v) is 2.26. The number of nitrogens with two attached hydrogens (primary N) is 1. The van der Waals surface area contributed by atoms with Crippen molar-refractivity contribution < 1.29 is 0 Å². The standard InChI is InChI=1S/C17H15ClN4/c1-12-11-22(17(19)21-12)20-10-13-2-4-14(5-3-13)15-6-8-16(18)9-7-15/h2-11H,1H3,(H2,19,21). The van der Waals surface area contributed by atoms with Crippen molar-refractivity contribution in [3.63, 3.8) is 0 Å². The van der Waals surface area contributed by atoms with Gasteiger partial charge in [0, 0.05) is 5.02 Å². The normalized spacial score (nSPS) is 11.2. The van der Waals surface area contributed by atoms with Gasteiger partial charge >= 0.3 is 0 Å². The van der Waals surface area contributed by atoms with Crippen molar-refractivity contribution >= 4 is 23.8 Å². The first-order chi connectivity index (χ1) is 10.6. The molecular formula is C17H15ClN4. The van der Waals surface area contributed by atoms with E-state index in [4.69, 9.17) is 17.3 Å². The lowest BCUT2D eigenvalue weighted by molar-refractivity contribution is 0.897. The molecule has 1 aromatic heterocycles. The molecule has 0 bridgehead atoms. The summed E-state index contributed by atoms with van der Waals surface area (Å²) in [5.41, 5.74) is 9.83. The van der Waals surface area contributed by atoms with Crippen molar-refractivity contribution in [1.29, 1.82) is 0 Å². The summed E-state index contributed by atoms with van der Waals surface area (Å²) in [6, 6.07) is 15.9. The van der Waals surface area contributed by atoms with Crippen molar-refractivity contribution in [1.82, 2.24) is 9.66 Å². The molecule has 5 heteroatoms. The number of aromatic nitrogens is 2. The van der Waals surface area contributed by atoms with Crippen molar-refractivity contribution in [2.75, 3.05) is 5.73 Å². The Morgan fingerprint density at radius 1 is 1.05 bits per heavy atom. The number of hydrogen-bond donors (Lipinski definition) is 1. The molecule has 0 fully saturated rings. The van der Waals surface area contributed by atoms with E-state index in [0.29, 0.717) is 5.95 Å². The zero-order valence-corrected chi connectivity index (χ0v) is 12.8. The molecule has 0 radical (unpaired) electrons. The maximum atomic E-state index is 5.90. The number of hydrogen-bond acceptors (Lipinski definition) is 3. The number of nitrogens with zero attached hydrogens (tertiary/aromatic N) is 3. The molecule has 0 aliphatic rings. The molecule has 22 heavy (non-hydrogen) atoms. The van der Waals surface area contributed by atoms with Gasteiger partial charge < -0.3 is 5.73 Å². The fraction of sp³-hybridized carbons (Fsp3) is 0.0588. The summed E-state index contributed by atoms with van der Waals surface area (Å²) in [4.78, 5) is 4.10. The first-order valence-corrected chi connectivity index (χ1v) is 7.21. The van der Waals surface area contributed by atoms with E-state index in [1.165, 1.54) is 0 Å². The average Bonchev–Trinajstić information content (AvgIpc) is 2.84. The monoisotopic (exact) mass is 310 g/mol. The van der Waals surface area contributed by atoms with Crippen molar-refractivity contribution in [2.45, 2.75) is 6.92 Å². The number of nitrogen functional groups attached to an aromatic ring is 1. The Balaban J connectivity index is 1.79. The lowest BCUT2D eigenvalue weighted by atomic mass is 10.0. The van der Waals surface area contributed by atoms with Crippen molar-refractivity contribution in [3.8, 4) is 11.1 Å². The van der Waals surface area contributed by atoms with E-state index in [0.717, 1.165) is 27.4 Å².